The van der Waals surface area contributed by atoms with Gasteiger partial charge in [0.15, 0.2) is 28.8 Å². The van der Waals surface area contributed by atoms with E-state index in [-0.39, 0.29) is 30.5 Å². The Kier molecular flexibility index (Phi) is 10.6. The van der Waals surface area contributed by atoms with Crippen LogP contribution in [-0.4, -0.2) is 75.9 Å². The van der Waals surface area contributed by atoms with E-state index in [1.807, 2.05) is 6.92 Å². The van der Waals surface area contributed by atoms with Crippen molar-refractivity contribution in [1.82, 2.24) is 15.3 Å². The summed E-state index contributed by atoms with van der Waals surface area (Å²) in [7, 11) is 5.92. The van der Waals surface area contributed by atoms with Crippen LogP contribution in [0.1, 0.15) is 40.0 Å². The van der Waals surface area contributed by atoms with Gasteiger partial charge in [0.25, 0.3) is 5.91 Å². The molecule has 0 unspecified atom stereocenters. The summed E-state index contributed by atoms with van der Waals surface area (Å²) in [5.74, 6) is -0.949. The molecule has 0 saturated carbocycles. The highest BCUT2D eigenvalue weighted by molar-refractivity contribution is 6.06. The summed E-state index contributed by atoms with van der Waals surface area (Å²) in [5.41, 5.74) is 0.424. The monoisotopic (exact) mass is 490 g/mol. The maximum absolute atomic E-state index is 12.6. The third-order valence-electron chi connectivity index (χ3n) is 4.53. The lowest BCUT2D eigenvalue weighted by atomic mass is 10.1. The molecule has 0 radical (unpaired) electrons. The normalized spacial score (nSPS) is 10.7. The summed E-state index contributed by atoms with van der Waals surface area (Å²) in [6.07, 6.45) is 3.46. The molecule has 3 N–H and O–H groups in total. The number of anilines is 1. The molecule has 190 valence electrons. The topological polar surface area (TPSA) is 150 Å². The summed E-state index contributed by atoms with van der Waals surface area (Å²) >= 11 is 0. The van der Waals surface area contributed by atoms with Crippen molar-refractivity contribution in [2.24, 2.45) is 0 Å². The molecule has 0 aliphatic carbocycles. The van der Waals surface area contributed by atoms with E-state index in [4.69, 9.17) is 23.7 Å². The van der Waals surface area contributed by atoms with Crippen LogP contribution < -0.4 is 24.8 Å². The number of esters is 1. The first-order chi connectivity index (χ1) is 16.9. The molecule has 1 heterocycles. The van der Waals surface area contributed by atoms with Crippen LogP contribution in [0.5, 0.6) is 17.2 Å². The fourth-order valence-corrected chi connectivity index (χ4v) is 2.86. The van der Waals surface area contributed by atoms with Crippen LogP contribution in [0, 0.1) is 0 Å². The van der Waals surface area contributed by atoms with Crippen molar-refractivity contribution < 1.29 is 38.1 Å². The Morgan fingerprint density at radius 3 is 2.29 bits per heavy atom. The molecule has 0 atom stereocenters. The van der Waals surface area contributed by atoms with Crippen LogP contribution in [0.15, 0.2) is 18.2 Å². The molecule has 12 nitrogen and oxygen atoms in total. The number of carbonyl (C=O) groups excluding carboxylic acids is 3. The zero-order chi connectivity index (χ0) is 25.8. The average Bonchev–Trinajstić information content (AvgIpc) is 3.29. The molecule has 1 aromatic carbocycles. The van der Waals surface area contributed by atoms with Gasteiger partial charge < -0.3 is 39.3 Å². The number of carbonyl (C=O) groups is 3. The van der Waals surface area contributed by atoms with Crippen LogP contribution in [-0.2, 0) is 14.3 Å². The van der Waals surface area contributed by atoms with Gasteiger partial charge in [-0.05, 0) is 30.2 Å². The van der Waals surface area contributed by atoms with Gasteiger partial charge in [-0.15, -0.1) is 0 Å². The van der Waals surface area contributed by atoms with Gasteiger partial charge in [0, 0.05) is 19.7 Å². The van der Waals surface area contributed by atoms with Crippen LogP contribution in [0.3, 0.4) is 0 Å². The van der Waals surface area contributed by atoms with Crippen molar-refractivity contribution in [1.29, 1.82) is 0 Å². The van der Waals surface area contributed by atoms with Crippen molar-refractivity contribution in [2.75, 3.05) is 53.5 Å². The first-order valence-corrected chi connectivity index (χ1v) is 10.7. The molecule has 2 rings (SSSR count). The van der Waals surface area contributed by atoms with E-state index in [1.54, 1.807) is 12.1 Å². The van der Waals surface area contributed by atoms with E-state index in [0.717, 1.165) is 0 Å². The van der Waals surface area contributed by atoms with E-state index in [9.17, 15) is 14.4 Å². The second kappa shape index (κ2) is 13.6. The van der Waals surface area contributed by atoms with Gasteiger partial charge in [-0.3, -0.25) is 9.59 Å². The molecular formula is C23H30N4O8. The van der Waals surface area contributed by atoms with Gasteiger partial charge >= 0.3 is 5.97 Å². The first-order valence-electron chi connectivity index (χ1n) is 10.7. The van der Waals surface area contributed by atoms with Gasteiger partial charge in [0.2, 0.25) is 11.7 Å². The zero-order valence-corrected chi connectivity index (χ0v) is 20.4. The number of amides is 2. The minimum absolute atomic E-state index is 0.0137. The van der Waals surface area contributed by atoms with Crippen molar-refractivity contribution in [3.05, 3.63) is 35.3 Å². The highest BCUT2D eigenvalue weighted by Crippen LogP contribution is 2.38. The van der Waals surface area contributed by atoms with Gasteiger partial charge in [0.1, 0.15) is 6.61 Å². The van der Waals surface area contributed by atoms with E-state index in [0.29, 0.717) is 35.8 Å². The second-order valence-electron chi connectivity index (χ2n) is 6.97. The number of H-pyrrole nitrogens is 1. The number of nitrogens with one attached hydrogen (secondary N) is 3. The van der Waals surface area contributed by atoms with Crippen molar-refractivity contribution in [3.63, 3.8) is 0 Å². The highest BCUT2D eigenvalue weighted by Gasteiger charge is 2.23. The number of methoxy groups -OCH3 is 4. The Morgan fingerprint density at radius 1 is 1.03 bits per heavy atom. The summed E-state index contributed by atoms with van der Waals surface area (Å²) < 4.78 is 25.8. The van der Waals surface area contributed by atoms with Gasteiger partial charge in [-0.2, -0.15) is 0 Å². The summed E-state index contributed by atoms with van der Waals surface area (Å²) in [4.78, 5) is 44.0. The maximum atomic E-state index is 12.6. The highest BCUT2D eigenvalue weighted by atomic mass is 16.6. The molecule has 0 bridgehead atoms. The minimum Gasteiger partial charge on any atom is -0.493 e. The second-order valence-corrected chi connectivity index (χ2v) is 6.97. The molecule has 0 aliphatic rings. The SMILES string of the molecule is CCCNC(=O)c1nc(NC(=O)/C=C/c2cc(OC)c(OC)c(OC)c2)c(C(=O)OCCOC)[nH]1. The van der Waals surface area contributed by atoms with Crippen LogP contribution in [0.25, 0.3) is 6.08 Å². The average molecular weight is 491 g/mol. The van der Waals surface area contributed by atoms with Gasteiger partial charge in [0.05, 0.1) is 27.9 Å². The smallest absolute Gasteiger partial charge is 0.358 e. The molecule has 0 spiro atoms. The zero-order valence-electron chi connectivity index (χ0n) is 20.4. The summed E-state index contributed by atoms with van der Waals surface area (Å²) in [5, 5.41) is 5.14. The fraction of sp³-hybridized carbons (Fsp3) is 0.391. The quantitative estimate of drug-likeness (QED) is 0.218. The van der Waals surface area contributed by atoms with Crippen LogP contribution in [0.4, 0.5) is 5.82 Å². The lowest BCUT2D eigenvalue weighted by molar-refractivity contribution is -0.111. The molecule has 0 saturated heterocycles. The number of rotatable bonds is 13. The predicted octanol–water partition coefficient (Wildman–Crippen LogP) is 2.03. The van der Waals surface area contributed by atoms with E-state index < -0.39 is 17.8 Å². The fourth-order valence-electron chi connectivity index (χ4n) is 2.86. The number of ether oxygens (including phenoxy) is 5. The molecule has 0 aliphatic heterocycles. The van der Waals surface area contributed by atoms with Crippen molar-refractivity contribution >= 4 is 29.7 Å². The Labute approximate surface area is 202 Å². The van der Waals surface area contributed by atoms with E-state index >= 15 is 0 Å². The van der Waals surface area contributed by atoms with E-state index in [2.05, 4.69) is 20.6 Å². The lowest BCUT2D eigenvalue weighted by Crippen LogP contribution is -2.25. The molecule has 2 amide bonds. The first kappa shape index (κ1) is 27.2. The Morgan fingerprint density at radius 2 is 1.71 bits per heavy atom. The molecule has 35 heavy (non-hydrogen) atoms. The summed E-state index contributed by atoms with van der Waals surface area (Å²) in [6.45, 7) is 2.49. The van der Waals surface area contributed by atoms with E-state index in [1.165, 1.54) is 40.6 Å². The molecular weight excluding hydrogens is 460 g/mol. The van der Waals surface area contributed by atoms with Gasteiger partial charge in [-0.1, -0.05) is 6.92 Å². The third-order valence-corrected chi connectivity index (χ3v) is 4.53. The molecule has 1 aromatic heterocycles. The Balaban J connectivity index is 2.26. The Bertz CT molecular complexity index is 1040. The number of imidazole rings is 1. The number of hydrogen-bond donors (Lipinski definition) is 3. The molecule has 12 heteroatoms. The Hall–Kier alpha value is -4.06. The number of aromatic amines is 1. The number of nitrogens with zero attached hydrogens (tertiary/aromatic N) is 1. The minimum atomic E-state index is -0.798. The number of benzene rings is 1. The number of hydrogen-bond acceptors (Lipinski definition) is 9. The summed E-state index contributed by atoms with van der Waals surface area (Å²) in [6, 6.07) is 3.32. The van der Waals surface area contributed by atoms with Crippen molar-refractivity contribution in [3.8, 4) is 17.2 Å². The standard InChI is InChI=1S/C23H30N4O8/c1-6-9-24-22(29)21-26-18(23(30)35-11-10-31-2)20(27-21)25-17(28)8-7-14-12-15(32-3)19(34-5)16(13-14)33-4/h7-8,12-13H,6,9-11H2,1-5H3,(H,24,29)(H,25,28)(H,26,27)/b8-7+. The van der Waals surface area contributed by atoms with Crippen LogP contribution >= 0.6 is 0 Å². The third kappa shape index (κ3) is 7.47. The molecule has 0 fully saturated rings. The molecule has 2 aromatic rings. The number of aromatic nitrogens is 2. The van der Waals surface area contributed by atoms with Gasteiger partial charge in [-0.25, -0.2) is 9.78 Å². The lowest BCUT2D eigenvalue weighted by Gasteiger charge is -2.12. The van der Waals surface area contributed by atoms with Crippen molar-refractivity contribution in [2.45, 2.75) is 13.3 Å². The largest absolute Gasteiger partial charge is 0.493 e. The predicted molar refractivity (Wildman–Crippen MR) is 127 cm³/mol. The van der Waals surface area contributed by atoms with Crippen LogP contribution in [0.2, 0.25) is 0 Å². The maximum Gasteiger partial charge on any atom is 0.358 e.